The maximum Gasteiger partial charge on any atom is 0.311 e. The van der Waals surface area contributed by atoms with Gasteiger partial charge in [-0.1, -0.05) is 23.7 Å². The van der Waals surface area contributed by atoms with Gasteiger partial charge in [-0.2, -0.15) is 0 Å². The van der Waals surface area contributed by atoms with E-state index in [-0.39, 0.29) is 12.2 Å². The van der Waals surface area contributed by atoms with Crippen LogP contribution in [-0.4, -0.2) is 16.9 Å². The number of rotatable bonds is 1. The lowest BCUT2D eigenvalue weighted by atomic mass is 9.82. The Kier molecular flexibility index (Phi) is 2.49. The van der Waals surface area contributed by atoms with Crippen LogP contribution < -0.4 is 0 Å². The number of fused-ring (bicyclic) bond motifs is 1. The van der Waals surface area contributed by atoms with Gasteiger partial charge in [0.1, 0.15) is 0 Å². The fourth-order valence-electron chi connectivity index (χ4n) is 1.94. The number of Topliss-reactive ketones (excluding diaryl/α,β-unsaturated/α-hetero) is 1. The second-order valence-electron chi connectivity index (χ2n) is 3.55. The summed E-state index contributed by atoms with van der Waals surface area (Å²) in [5.74, 6) is -1.59. The molecule has 1 aromatic carbocycles. The van der Waals surface area contributed by atoms with Crippen LogP contribution in [0.15, 0.2) is 18.2 Å². The minimum atomic E-state index is -0.920. The molecular weight excluding hydrogens is 216 g/mol. The standard InChI is InChI=1S/C11H9ClO3/c12-8-3-1-2-6-9(13)5-4-7(10(6)8)11(14)15/h1-3,7H,4-5H2,(H,14,15). The second-order valence-corrected chi connectivity index (χ2v) is 3.96. The first kappa shape index (κ1) is 10.2. The van der Waals surface area contributed by atoms with Crippen LogP contribution in [0.2, 0.25) is 5.02 Å². The summed E-state index contributed by atoms with van der Waals surface area (Å²) in [5.41, 5.74) is 0.934. The minimum absolute atomic E-state index is 0.0231. The van der Waals surface area contributed by atoms with Crippen LogP contribution in [0.3, 0.4) is 0 Å². The summed E-state index contributed by atoms with van der Waals surface area (Å²) in [6, 6.07) is 4.93. The van der Waals surface area contributed by atoms with Gasteiger partial charge in [-0.3, -0.25) is 9.59 Å². The van der Waals surface area contributed by atoms with Crippen molar-refractivity contribution in [3.05, 3.63) is 34.3 Å². The van der Waals surface area contributed by atoms with Crippen molar-refractivity contribution in [2.24, 2.45) is 0 Å². The Balaban J connectivity index is 2.61. The van der Waals surface area contributed by atoms with Gasteiger partial charge >= 0.3 is 5.97 Å². The number of carbonyl (C=O) groups excluding carboxylic acids is 1. The zero-order valence-electron chi connectivity index (χ0n) is 7.87. The van der Waals surface area contributed by atoms with Gasteiger partial charge in [0.15, 0.2) is 5.78 Å². The van der Waals surface area contributed by atoms with E-state index in [1.54, 1.807) is 18.2 Å². The van der Waals surface area contributed by atoms with Crippen molar-refractivity contribution in [2.75, 3.05) is 0 Å². The molecule has 1 unspecified atom stereocenters. The highest BCUT2D eigenvalue weighted by molar-refractivity contribution is 6.32. The molecule has 1 N–H and O–H groups in total. The van der Waals surface area contributed by atoms with Crippen molar-refractivity contribution in [3.63, 3.8) is 0 Å². The molecule has 1 aliphatic rings. The number of benzene rings is 1. The lowest BCUT2D eigenvalue weighted by Crippen LogP contribution is -2.22. The zero-order valence-corrected chi connectivity index (χ0v) is 8.62. The SMILES string of the molecule is O=C1CCC(C(=O)O)c2c(Cl)cccc21. The summed E-state index contributed by atoms with van der Waals surface area (Å²) >= 11 is 5.93. The summed E-state index contributed by atoms with van der Waals surface area (Å²) in [4.78, 5) is 22.6. The third kappa shape index (κ3) is 1.63. The molecule has 0 saturated carbocycles. The molecule has 0 fully saturated rings. The van der Waals surface area contributed by atoms with Crippen LogP contribution in [0.1, 0.15) is 34.7 Å². The lowest BCUT2D eigenvalue weighted by molar-refractivity contribution is -0.139. The topological polar surface area (TPSA) is 54.4 Å². The first-order chi connectivity index (χ1) is 7.11. The Bertz CT molecular complexity index is 439. The Morgan fingerprint density at radius 3 is 2.87 bits per heavy atom. The number of ketones is 1. The molecule has 1 aliphatic carbocycles. The number of halogens is 1. The van der Waals surface area contributed by atoms with E-state index in [9.17, 15) is 9.59 Å². The molecule has 0 spiro atoms. The van der Waals surface area contributed by atoms with Gasteiger partial charge in [-0.25, -0.2) is 0 Å². The van der Waals surface area contributed by atoms with Crippen molar-refractivity contribution >= 4 is 23.4 Å². The molecular formula is C11H9ClO3. The average Bonchev–Trinajstić information content (AvgIpc) is 2.19. The Morgan fingerprint density at radius 2 is 2.20 bits per heavy atom. The van der Waals surface area contributed by atoms with Crippen LogP contribution in [-0.2, 0) is 4.79 Å². The molecule has 1 aromatic rings. The fraction of sp³-hybridized carbons (Fsp3) is 0.273. The molecule has 4 heteroatoms. The van der Waals surface area contributed by atoms with Crippen molar-refractivity contribution < 1.29 is 14.7 Å². The van der Waals surface area contributed by atoms with Crippen LogP contribution in [0.5, 0.6) is 0 Å². The summed E-state index contributed by atoms with van der Waals surface area (Å²) in [7, 11) is 0. The van der Waals surface area contributed by atoms with Gasteiger partial charge in [0.25, 0.3) is 0 Å². The molecule has 78 valence electrons. The molecule has 0 heterocycles. The summed E-state index contributed by atoms with van der Waals surface area (Å²) in [6.45, 7) is 0. The highest BCUT2D eigenvalue weighted by Gasteiger charge is 2.31. The number of aliphatic carboxylic acids is 1. The molecule has 3 nitrogen and oxygen atoms in total. The molecule has 0 aliphatic heterocycles. The highest BCUT2D eigenvalue weighted by Crippen LogP contribution is 2.36. The molecule has 0 radical (unpaired) electrons. The van der Waals surface area contributed by atoms with E-state index in [2.05, 4.69) is 0 Å². The predicted molar refractivity (Wildman–Crippen MR) is 55.4 cm³/mol. The van der Waals surface area contributed by atoms with Gasteiger partial charge in [0, 0.05) is 17.0 Å². The van der Waals surface area contributed by atoms with E-state index in [1.807, 2.05) is 0 Å². The largest absolute Gasteiger partial charge is 0.481 e. The smallest absolute Gasteiger partial charge is 0.311 e. The minimum Gasteiger partial charge on any atom is -0.481 e. The van der Waals surface area contributed by atoms with Gasteiger partial charge in [-0.05, 0) is 18.1 Å². The normalized spacial score (nSPS) is 19.8. The maximum absolute atomic E-state index is 11.6. The Hall–Kier alpha value is -1.35. The lowest BCUT2D eigenvalue weighted by Gasteiger charge is -2.22. The number of carboxylic acids is 1. The van der Waals surface area contributed by atoms with Crippen LogP contribution in [0, 0.1) is 0 Å². The fourth-order valence-corrected chi connectivity index (χ4v) is 2.24. The predicted octanol–water partition coefficient (Wildman–Crippen LogP) is 2.48. The molecule has 1 atom stereocenters. The Labute approximate surface area is 91.7 Å². The van der Waals surface area contributed by atoms with Gasteiger partial charge in [-0.15, -0.1) is 0 Å². The van der Waals surface area contributed by atoms with Crippen molar-refractivity contribution in [1.82, 2.24) is 0 Å². The van der Waals surface area contributed by atoms with E-state index >= 15 is 0 Å². The van der Waals surface area contributed by atoms with Gasteiger partial charge in [0.05, 0.1) is 5.92 Å². The number of carboxylic acid groups (broad SMARTS) is 1. The molecule has 0 saturated heterocycles. The van der Waals surface area contributed by atoms with Crippen molar-refractivity contribution in [3.8, 4) is 0 Å². The third-order valence-electron chi connectivity index (χ3n) is 2.66. The molecule has 0 aromatic heterocycles. The molecule has 2 rings (SSSR count). The first-order valence-corrected chi connectivity index (χ1v) is 5.03. The number of hydrogen-bond acceptors (Lipinski definition) is 2. The Morgan fingerprint density at radius 1 is 1.47 bits per heavy atom. The number of carbonyl (C=O) groups is 2. The van der Waals surface area contributed by atoms with Gasteiger partial charge < -0.3 is 5.11 Å². The third-order valence-corrected chi connectivity index (χ3v) is 2.99. The molecule has 0 amide bonds. The van der Waals surface area contributed by atoms with E-state index in [0.29, 0.717) is 22.6 Å². The summed E-state index contributed by atoms with van der Waals surface area (Å²) in [6.07, 6.45) is 0.620. The maximum atomic E-state index is 11.6. The highest BCUT2D eigenvalue weighted by atomic mass is 35.5. The number of hydrogen-bond donors (Lipinski definition) is 1. The quantitative estimate of drug-likeness (QED) is 0.797. The van der Waals surface area contributed by atoms with Gasteiger partial charge in [0.2, 0.25) is 0 Å². The van der Waals surface area contributed by atoms with Crippen LogP contribution in [0.4, 0.5) is 0 Å². The van der Waals surface area contributed by atoms with Crippen LogP contribution in [0.25, 0.3) is 0 Å². The van der Waals surface area contributed by atoms with E-state index in [1.165, 1.54) is 0 Å². The molecule has 15 heavy (non-hydrogen) atoms. The van der Waals surface area contributed by atoms with Crippen molar-refractivity contribution in [1.29, 1.82) is 0 Å². The molecule has 0 bridgehead atoms. The van der Waals surface area contributed by atoms with Crippen molar-refractivity contribution in [2.45, 2.75) is 18.8 Å². The zero-order chi connectivity index (χ0) is 11.0. The van der Waals surface area contributed by atoms with Crippen LogP contribution >= 0.6 is 11.6 Å². The van der Waals surface area contributed by atoms with E-state index < -0.39 is 11.9 Å². The van der Waals surface area contributed by atoms with E-state index in [0.717, 1.165) is 0 Å². The second kappa shape index (κ2) is 3.66. The summed E-state index contributed by atoms with van der Waals surface area (Å²) < 4.78 is 0. The van der Waals surface area contributed by atoms with E-state index in [4.69, 9.17) is 16.7 Å². The monoisotopic (exact) mass is 224 g/mol. The summed E-state index contributed by atoms with van der Waals surface area (Å²) in [5, 5.41) is 9.39. The average molecular weight is 225 g/mol. The first-order valence-electron chi connectivity index (χ1n) is 4.65.